The van der Waals surface area contributed by atoms with E-state index >= 15 is 0 Å². The van der Waals surface area contributed by atoms with Gasteiger partial charge in [0, 0.05) is 4.88 Å². The molecule has 1 aliphatic rings. The summed E-state index contributed by atoms with van der Waals surface area (Å²) in [6, 6.07) is 3.94. The molecule has 0 aromatic carbocycles. The molecule has 1 aromatic rings. The lowest BCUT2D eigenvalue weighted by Gasteiger charge is -2.17. The minimum Gasteiger partial charge on any atom is -0.372 e. The molecule has 15 heavy (non-hydrogen) atoms. The Morgan fingerprint density at radius 1 is 1.47 bits per heavy atom. The van der Waals surface area contributed by atoms with Gasteiger partial charge in [-0.1, -0.05) is 18.0 Å². The molecule has 0 radical (unpaired) electrons. The predicted molar refractivity (Wildman–Crippen MR) is 64.3 cm³/mol. The van der Waals surface area contributed by atoms with Gasteiger partial charge < -0.3 is 10.5 Å². The molecule has 0 aliphatic heterocycles. The zero-order valence-corrected chi connectivity index (χ0v) is 10.2. The van der Waals surface area contributed by atoms with E-state index in [1.54, 1.807) is 11.3 Å². The van der Waals surface area contributed by atoms with Crippen molar-refractivity contribution in [3.05, 3.63) is 21.3 Å². The third kappa shape index (κ3) is 2.94. The van der Waals surface area contributed by atoms with Crippen LogP contribution in [0.2, 0.25) is 4.34 Å². The van der Waals surface area contributed by atoms with Crippen molar-refractivity contribution in [2.75, 3.05) is 6.54 Å². The van der Waals surface area contributed by atoms with Crippen LogP contribution >= 0.6 is 22.9 Å². The molecule has 1 aliphatic carbocycles. The minimum atomic E-state index is 0.357. The van der Waals surface area contributed by atoms with E-state index in [1.807, 2.05) is 12.1 Å². The van der Waals surface area contributed by atoms with Gasteiger partial charge in [0.25, 0.3) is 0 Å². The summed E-state index contributed by atoms with van der Waals surface area (Å²) < 4.78 is 6.71. The summed E-state index contributed by atoms with van der Waals surface area (Å²) in [5.41, 5.74) is 5.70. The Labute approximate surface area is 99.4 Å². The Hall–Kier alpha value is -0.0900. The van der Waals surface area contributed by atoms with E-state index in [1.165, 1.54) is 17.7 Å². The molecule has 1 fully saturated rings. The number of halogens is 1. The molecule has 2 N–H and O–H groups in total. The first-order chi connectivity index (χ1) is 7.29. The predicted octanol–water partition coefficient (Wildman–Crippen LogP) is 3.05. The third-order valence-corrected chi connectivity index (χ3v) is 4.17. The second-order valence-electron chi connectivity index (χ2n) is 3.98. The van der Waals surface area contributed by atoms with Crippen LogP contribution < -0.4 is 5.73 Å². The van der Waals surface area contributed by atoms with Crippen LogP contribution in [0.15, 0.2) is 12.1 Å². The van der Waals surface area contributed by atoms with E-state index < -0.39 is 0 Å². The zero-order chi connectivity index (χ0) is 10.7. The highest BCUT2D eigenvalue weighted by Gasteiger charge is 2.26. The lowest BCUT2D eigenvalue weighted by Crippen LogP contribution is -2.25. The topological polar surface area (TPSA) is 35.2 Å². The molecule has 0 spiro atoms. The number of nitrogens with two attached hydrogens (primary N) is 1. The molecular formula is C11H16ClNOS. The van der Waals surface area contributed by atoms with Gasteiger partial charge in [-0.2, -0.15) is 0 Å². The van der Waals surface area contributed by atoms with Gasteiger partial charge in [-0.15, -0.1) is 11.3 Å². The Morgan fingerprint density at radius 2 is 2.33 bits per heavy atom. The summed E-state index contributed by atoms with van der Waals surface area (Å²) in [5, 5.41) is 0. The summed E-state index contributed by atoms with van der Waals surface area (Å²) in [6.07, 6.45) is 3.97. The molecule has 0 amide bonds. The fourth-order valence-electron chi connectivity index (χ4n) is 2.11. The summed E-state index contributed by atoms with van der Waals surface area (Å²) in [7, 11) is 0. The van der Waals surface area contributed by atoms with Crippen molar-refractivity contribution in [3.8, 4) is 0 Å². The average Bonchev–Trinajstić information content (AvgIpc) is 2.83. The zero-order valence-electron chi connectivity index (χ0n) is 8.62. The van der Waals surface area contributed by atoms with Crippen molar-refractivity contribution in [1.82, 2.24) is 0 Å². The van der Waals surface area contributed by atoms with E-state index in [9.17, 15) is 0 Å². The SMILES string of the molecule is NCC1CCCC1OCc1ccc(Cl)s1. The van der Waals surface area contributed by atoms with Gasteiger partial charge in [0.1, 0.15) is 0 Å². The molecule has 0 bridgehead atoms. The number of thiophene rings is 1. The van der Waals surface area contributed by atoms with Crippen molar-refractivity contribution in [2.24, 2.45) is 11.7 Å². The summed E-state index contributed by atoms with van der Waals surface area (Å²) in [6.45, 7) is 1.43. The van der Waals surface area contributed by atoms with E-state index in [0.29, 0.717) is 18.6 Å². The molecule has 1 saturated carbocycles. The van der Waals surface area contributed by atoms with E-state index in [2.05, 4.69) is 0 Å². The average molecular weight is 246 g/mol. The lowest BCUT2D eigenvalue weighted by molar-refractivity contribution is 0.0196. The Bertz CT molecular complexity index is 315. The molecule has 2 atom stereocenters. The molecule has 84 valence electrons. The molecule has 2 unspecified atom stereocenters. The van der Waals surface area contributed by atoms with Crippen LogP contribution in [0.5, 0.6) is 0 Å². The summed E-state index contributed by atoms with van der Waals surface area (Å²) in [4.78, 5) is 1.20. The van der Waals surface area contributed by atoms with Gasteiger partial charge >= 0.3 is 0 Å². The van der Waals surface area contributed by atoms with Crippen molar-refractivity contribution < 1.29 is 4.74 Å². The van der Waals surface area contributed by atoms with Crippen LogP contribution in [-0.4, -0.2) is 12.6 Å². The Kier molecular flexibility index (Phi) is 4.03. The van der Waals surface area contributed by atoms with E-state index in [0.717, 1.165) is 17.3 Å². The standard InChI is InChI=1S/C11H16ClNOS/c12-11-5-4-9(15-11)7-14-10-3-1-2-8(10)6-13/h4-5,8,10H,1-3,6-7,13H2. The van der Waals surface area contributed by atoms with Gasteiger partial charge in [0.05, 0.1) is 17.0 Å². The van der Waals surface area contributed by atoms with Gasteiger partial charge in [0.2, 0.25) is 0 Å². The molecule has 1 heterocycles. The van der Waals surface area contributed by atoms with Crippen molar-refractivity contribution in [1.29, 1.82) is 0 Å². The van der Waals surface area contributed by atoms with Crippen LogP contribution in [-0.2, 0) is 11.3 Å². The maximum atomic E-state index is 5.88. The quantitative estimate of drug-likeness (QED) is 0.885. The molecular weight excluding hydrogens is 230 g/mol. The summed E-state index contributed by atoms with van der Waals surface area (Å²) >= 11 is 7.44. The largest absolute Gasteiger partial charge is 0.372 e. The highest BCUT2D eigenvalue weighted by Crippen LogP contribution is 2.29. The lowest BCUT2D eigenvalue weighted by atomic mass is 10.1. The first kappa shape index (κ1) is 11.4. The Balaban J connectivity index is 1.82. The second kappa shape index (κ2) is 5.30. The van der Waals surface area contributed by atoms with Crippen LogP contribution in [0.25, 0.3) is 0 Å². The van der Waals surface area contributed by atoms with Crippen LogP contribution in [0.3, 0.4) is 0 Å². The number of hydrogen-bond acceptors (Lipinski definition) is 3. The fraction of sp³-hybridized carbons (Fsp3) is 0.636. The monoisotopic (exact) mass is 245 g/mol. The maximum Gasteiger partial charge on any atom is 0.0932 e. The molecule has 0 saturated heterocycles. The first-order valence-corrected chi connectivity index (χ1v) is 6.55. The Morgan fingerprint density at radius 3 is 3.00 bits per heavy atom. The summed E-state index contributed by atoms with van der Waals surface area (Å²) in [5.74, 6) is 0.556. The number of rotatable bonds is 4. The van der Waals surface area contributed by atoms with Gasteiger partial charge in [-0.25, -0.2) is 0 Å². The number of hydrogen-bond donors (Lipinski definition) is 1. The molecule has 1 aromatic heterocycles. The van der Waals surface area contributed by atoms with Crippen LogP contribution in [0.4, 0.5) is 0 Å². The van der Waals surface area contributed by atoms with Crippen molar-refractivity contribution in [3.63, 3.8) is 0 Å². The first-order valence-electron chi connectivity index (χ1n) is 5.35. The normalized spacial score (nSPS) is 26.0. The van der Waals surface area contributed by atoms with Gasteiger partial charge in [-0.3, -0.25) is 0 Å². The minimum absolute atomic E-state index is 0.357. The highest BCUT2D eigenvalue weighted by molar-refractivity contribution is 7.16. The molecule has 2 nitrogen and oxygen atoms in total. The van der Waals surface area contributed by atoms with Gasteiger partial charge in [0.15, 0.2) is 0 Å². The third-order valence-electron chi connectivity index (χ3n) is 2.96. The van der Waals surface area contributed by atoms with Gasteiger partial charge in [-0.05, 0) is 37.4 Å². The fourth-order valence-corrected chi connectivity index (χ4v) is 3.12. The second-order valence-corrected chi connectivity index (χ2v) is 5.78. The molecule has 2 rings (SSSR count). The highest BCUT2D eigenvalue weighted by atomic mass is 35.5. The smallest absolute Gasteiger partial charge is 0.0932 e. The number of ether oxygens (including phenoxy) is 1. The van der Waals surface area contributed by atoms with Crippen molar-refractivity contribution in [2.45, 2.75) is 32.0 Å². The van der Waals surface area contributed by atoms with Crippen LogP contribution in [0.1, 0.15) is 24.1 Å². The molecule has 4 heteroatoms. The van der Waals surface area contributed by atoms with Crippen LogP contribution in [0, 0.1) is 5.92 Å². The van der Waals surface area contributed by atoms with Crippen molar-refractivity contribution >= 4 is 22.9 Å². The van der Waals surface area contributed by atoms with E-state index in [4.69, 9.17) is 22.1 Å². The maximum absolute atomic E-state index is 5.88. The van der Waals surface area contributed by atoms with E-state index in [-0.39, 0.29) is 0 Å².